The third-order valence-corrected chi connectivity index (χ3v) is 4.70. The predicted molar refractivity (Wildman–Crippen MR) is 88.7 cm³/mol. The number of nitrogens with zero attached hydrogens (tertiary/aromatic N) is 4. The van der Waals surface area contributed by atoms with Crippen LogP contribution in [0.3, 0.4) is 0 Å². The van der Waals surface area contributed by atoms with E-state index in [1.165, 1.54) is 0 Å². The maximum absolute atomic E-state index is 13.1. The van der Waals surface area contributed by atoms with Gasteiger partial charge in [0.15, 0.2) is 5.69 Å². The Morgan fingerprint density at radius 2 is 2.12 bits per heavy atom. The number of aromatic nitrogens is 4. The van der Waals surface area contributed by atoms with Gasteiger partial charge >= 0.3 is 6.18 Å². The summed E-state index contributed by atoms with van der Waals surface area (Å²) in [5.74, 6) is -0.506. The second kappa shape index (κ2) is 6.94. The molecule has 2 aromatic heterocycles. The average Bonchev–Trinajstić information content (AvgIpc) is 3.15. The van der Waals surface area contributed by atoms with Crippen LogP contribution >= 0.6 is 11.6 Å². The highest BCUT2D eigenvalue weighted by Gasteiger charge is 2.42. The Balaban J connectivity index is 1.77. The zero-order valence-corrected chi connectivity index (χ0v) is 15.1. The number of carbonyl (C=O) groups is 1. The van der Waals surface area contributed by atoms with Gasteiger partial charge in [-0.1, -0.05) is 11.6 Å². The lowest BCUT2D eigenvalue weighted by atomic mass is 10.2. The largest absolute Gasteiger partial charge is 0.436 e. The van der Waals surface area contributed by atoms with E-state index in [1.807, 2.05) is 6.92 Å². The first-order valence-electron chi connectivity index (χ1n) is 8.36. The summed E-state index contributed by atoms with van der Waals surface area (Å²) in [6.45, 7) is 4.06. The molecule has 6 nitrogen and oxygen atoms in total. The second-order valence-electron chi connectivity index (χ2n) is 6.34. The Bertz CT molecular complexity index is 809. The van der Waals surface area contributed by atoms with Crippen LogP contribution in [-0.4, -0.2) is 25.5 Å². The monoisotopic (exact) mass is 389 g/mol. The molecule has 1 unspecified atom stereocenters. The SMILES string of the molecule is CCn1nccc1C(C)NC(=O)Cn1nc(C(F)(F)F)c(Cl)c1C1CC1. The van der Waals surface area contributed by atoms with Crippen LogP contribution in [0.2, 0.25) is 5.02 Å². The lowest BCUT2D eigenvalue weighted by molar-refractivity contribution is -0.141. The van der Waals surface area contributed by atoms with E-state index in [4.69, 9.17) is 11.6 Å². The molecule has 1 aliphatic rings. The lowest BCUT2D eigenvalue weighted by Gasteiger charge is -2.16. The van der Waals surface area contributed by atoms with E-state index in [2.05, 4.69) is 15.5 Å². The Morgan fingerprint density at radius 1 is 1.42 bits per heavy atom. The van der Waals surface area contributed by atoms with Crippen molar-refractivity contribution in [2.45, 2.75) is 57.9 Å². The maximum Gasteiger partial charge on any atom is 0.436 e. The van der Waals surface area contributed by atoms with Crippen LogP contribution in [0.15, 0.2) is 12.3 Å². The molecule has 0 aliphatic heterocycles. The predicted octanol–water partition coefficient (Wildman–Crippen LogP) is 3.53. The first-order chi connectivity index (χ1) is 12.2. The molecule has 0 aromatic carbocycles. The van der Waals surface area contributed by atoms with Crippen molar-refractivity contribution in [1.29, 1.82) is 0 Å². The highest BCUT2D eigenvalue weighted by atomic mass is 35.5. The molecular formula is C16H19ClF3N5O. The number of aryl methyl sites for hydroxylation is 1. The van der Waals surface area contributed by atoms with E-state index in [0.29, 0.717) is 12.2 Å². The highest BCUT2D eigenvalue weighted by Crippen LogP contribution is 2.46. The number of alkyl halides is 3. The topological polar surface area (TPSA) is 64.7 Å². The minimum Gasteiger partial charge on any atom is -0.346 e. The van der Waals surface area contributed by atoms with Gasteiger partial charge in [0.2, 0.25) is 5.91 Å². The molecule has 142 valence electrons. The average molecular weight is 390 g/mol. The number of hydrogen-bond donors (Lipinski definition) is 1. The van der Waals surface area contributed by atoms with Gasteiger partial charge in [-0.15, -0.1) is 0 Å². The Hall–Kier alpha value is -2.03. The second-order valence-corrected chi connectivity index (χ2v) is 6.72. The van der Waals surface area contributed by atoms with Crippen molar-refractivity contribution >= 4 is 17.5 Å². The van der Waals surface area contributed by atoms with Crippen LogP contribution in [0, 0.1) is 0 Å². The van der Waals surface area contributed by atoms with Gasteiger partial charge in [0, 0.05) is 18.7 Å². The molecule has 1 N–H and O–H groups in total. The smallest absolute Gasteiger partial charge is 0.346 e. The molecule has 2 heterocycles. The van der Waals surface area contributed by atoms with E-state index >= 15 is 0 Å². The minimum absolute atomic E-state index is 0.0714. The summed E-state index contributed by atoms with van der Waals surface area (Å²) in [7, 11) is 0. The van der Waals surface area contributed by atoms with Gasteiger partial charge < -0.3 is 5.32 Å². The van der Waals surface area contributed by atoms with E-state index in [-0.39, 0.29) is 18.5 Å². The quantitative estimate of drug-likeness (QED) is 0.822. The molecule has 1 aliphatic carbocycles. The molecule has 26 heavy (non-hydrogen) atoms. The molecule has 0 bridgehead atoms. The molecule has 1 amide bonds. The Kier molecular flexibility index (Phi) is 5.01. The van der Waals surface area contributed by atoms with Crippen molar-refractivity contribution in [3.05, 3.63) is 34.4 Å². The first kappa shape index (κ1) is 18.8. The molecule has 1 fully saturated rings. The van der Waals surface area contributed by atoms with Gasteiger partial charge in [0.25, 0.3) is 0 Å². The summed E-state index contributed by atoms with van der Waals surface area (Å²) in [4.78, 5) is 12.4. The standard InChI is InChI=1S/C16H19ClF3N5O/c1-3-24-11(6-7-21-24)9(2)22-12(26)8-25-14(10-4-5-10)13(17)15(23-25)16(18,19)20/h6-7,9-10H,3-5,8H2,1-2H3,(H,22,26). The molecule has 1 atom stereocenters. The molecule has 10 heteroatoms. The number of carbonyl (C=O) groups excluding carboxylic acids is 1. The third-order valence-electron chi connectivity index (χ3n) is 4.33. The zero-order chi connectivity index (χ0) is 19.1. The van der Waals surface area contributed by atoms with E-state index in [1.54, 1.807) is 23.9 Å². The van der Waals surface area contributed by atoms with E-state index in [0.717, 1.165) is 23.2 Å². The van der Waals surface area contributed by atoms with Crippen LogP contribution in [0.25, 0.3) is 0 Å². The number of rotatable bonds is 6. The molecular weight excluding hydrogens is 371 g/mol. The summed E-state index contributed by atoms with van der Waals surface area (Å²) in [5, 5.41) is 10.1. The van der Waals surface area contributed by atoms with Crippen LogP contribution in [-0.2, 0) is 24.1 Å². The van der Waals surface area contributed by atoms with Crippen molar-refractivity contribution in [2.24, 2.45) is 0 Å². The first-order valence-corrected chi connectivity index (χ1v) is 8.74. The Morgan fingerprint density at radius 3 is 2.69 bits per heavy atom. The summed E-state index contributed by atoms with van der Waals surface area (Å²) in [6, 6.07) is 1.46. The normalized spacial score (nSPS) is 15.9. The number of amides is 1. The van der Waals surface area contributed by atoms with Crippen molar-refractivity contribution in [1.82, 2.24) is 24.9 Å². The van der Waals surface area contributed by atoms with Crippen molar-refractivity contribution in [3.8, 4) is 0 Å². The zero-order valence-electron chi connectivity index (χ0n) is 14.3. The number of halogens is 4. The highest BCUT2D eigenvalue weighted by molar-refractivity contribution is 6.32. The summed E-state index contributed by atoms with van der Waals surface area (Å²) in [5.41, 5.74) is -0.0240. The fraction of sp³-hybridized carbons (Fsp3) is 0.562. The number of hydrogen-bond acceptors (Lipinski definition) is 3. The molecule has 1 saturated carbocycles. The molecule has 0 spiro atoms. The third kappa shape index (κ3) is 3.72. The van der Waals surface area contributed by atoms with Crippen LogP contribution in [0.4, 0.5) is 13.2 Å². The number of nitrogens with one attached hydrogen (secondary N) is 1. The van der Waals surface area contributed by atoms with Crippen LogP contribution in [0.1, 0.15) is 55.7 Å². The van der Waals surface area contributed by atoms with Gasteiger partial charge in [-0.3, -0.25) is 14.2 Å². The van der Waals surface area contributed by atoms with Crippen LogP contribution < -0.4 is 5.32 Å². The fourth-order valence-corrected chi connectivity index (χ4v) is 3.37. The summed E-state index contributed by atoms with van der Waals surface area (Å²) >= 11 is 5.91. The van der Waals surface area contributed by atoms with Crippen molar-refractivity contribution < 1.29 is 18.0 Å². The van der Waals surface area contributed by atoms with Gasteiger partial charge in [0.1, 0.15) is 6.54 Å². The van der Waals surface area contributed by atoms with Crippen LogP contribution in [0.5, 0.6) is 0 Å². The molecule has 0 radical (unpaired) electrons. The summed E-state index contributed by atoms with van der Waals surface area (Å²) in [6.07, 6.45) is -1.52. The molecule has 2 aromatic rings. The summed E-state index contributed by atoms with van der Waals surface area (Å²) < 4.78 is 42.0. The lowest BCUT2D eigenvalue weighted by Crippen LogP contribution is -2.32. The van der Waals surface area contributed by atoms with Gasteiger partial charge in [0.05, 0.1) is 22.5 Å². The van der Waals surface area contributed by atoms with E-state index < -0.39 is 22.8 Å². The van der Waals surface area contributed by atoms with E-state index in [9.17, 15) is 18.0 Å². The van der Waals surface area contributed by atoms with Gasteiger partial charge in [-0.25, -0.2) is 0 Å². The van der Waals surface area contributed by atoms with Crippen molar-refractivity contribution in [2.75, 3.05) is 0 Å². The molecule has 0 saturated heterocycles. The fourth-order valence-electron chi connectivity index (χ4n) is 2.97. The van der Waals surface area contributed by atoms with Crippen molar-refractivity contribution in [3.63, 3.8) is 0 Å². The Labute approximate surface area is 153 Å². The molecule has 3 rings (SSSR count). The maximum atomic E-state index is 13.1. The minimum atomic E-state index is -4.65. The van der Waals surface area contributed by atoms with Gasteiger partial charge in [-0.05, 0) is 32.8 Å². The van der Waals surface area contributed by atoms with Gasteiger partial charge in [-0.2, -0.15) is 23.4 Å².